The molecule has 0 saturated carbocycles. The Balaban J connectivity index is 0.00000364. The number of rotatable bonds is 7. The van der Waals surface area contributed by atoms with Gasteiger partial charge in [-0.1, -0.05) is 60.7 Å². The van der Waals surface area contributed by atoms with Gasteiger partial charge in [-0.3, -0.25) is 0 Å². The predicted molar refractivity (Wildman–Crippen MR) is 113 cm³/mol. The molecule has 0 heterocycles. The number of nitrogens with one attached hydrogen (secondary N) is 2. The third-order valence-electron chi connectivity index (χ3n) is 3.07. The van der Waals surface area contributed by atoms with Crippen molar-refractivity contribution in [2.24, 2.45) is 20.4 Å². The van der Waals surface area contributed by atoms with Crippen molar-refractivity contribution in [1.82, 2.24) is 10.6 Å². The first-order valence-corrected chi connectivity index (χ1v) is 8.66. The largest absolute Gasteiger partial charge is 2.00 e. The summed E-state index contributed by atoms with van der Waals surface area (Å²) in [6.07, 6.45) is 2.78. The van der Waals surface area contributed by atoms with Gasteiger partial charge in [0.15, 0.2) is 0 Å². The van der Waals surface area contributed by atoms with Crippen LogP contribution in [-0.2, 0) is 55.4 Å². The van der Waals surface area contributed by atoms with Crippen molar-refractivity contribution >= 4 is 48.0 Å². The number of hydrogen-bond donors (Lipinski definition) is 2. The summed E-state index contributed by atoms with van der Waals surface area (Å²) in [4.78, 5) is 0. The molecule has 0 aliphatic heterocycles. The van der Waals surface area contributed by atoms with Crippen LogP contribution < -0.4 is 10.6 Å². The van der Waals surface area contributed by atoms with Crippen molar-refractivity contribution in [3.8, 4) is 0 Å². The minimum absolute atomic E-state index is 0. The van der Waals surface area contributed by atoms with Crippen molar-refractivity contribution in [2.75, 3.05) is 0 Å². The van der Waals surface area contributed by atoms with Crippen LogP contribution in [-0.4, -0.2) is 22.8 Å². The third kappa shape index (κ3) is 10.4. The topological polar surface area (TPSA) is 73.5 Å². The van der Waals surface area contributed by atoms with E-state index < -0.39 is 0 Å². The van der Waals surface area contributed by atoms with Crippen LogP contribution >= 0.6 is 0 Å². The van der Waals surface area contributed by atoms with Crippen molar-refractivity contribution in [3.63, 3.8) is 0 Å². The van der Waals surface area contributed by atoms with E-state index in [2.05, 4.69) is 31.0 Å². The third-order valence-corrected chi connectivity index (χ3v) is 3.52. The molecule has 2 aromatic rings. The van der Waals surface area contributed by atoms with E-state index in [0.717, 1.165) is 11.1 Å². The first kappa shape index (κ1) is 22.7. The average Bonchev–Trinajstić information content (AvgIpc) is 2.69. The molecule has 0 atom stereocenters. The first-order chi connectivity index (χ1) is 12.7. The van der Waals surface area contributed by atoms with E-state index in [0.29, 0.717) is 23.4 Å². The van der Waals surface area contributed by atoms with Crippen LogP contribution in [0, 0.1) is 0 Å². The van der Waals surface area contributed by atoms with Gasteiger partial charge in [-0.2, -0.15) is 20.4 Å². The molecule has 0 aliphatic rings. The fraction of sp³-hybridized carbons (Fsp3) is 0.111. The Kier molecular flexibility index (Phi) is 11.6. The van der Waals surface area contributed by atoms with Gasteiger partial charge in [0.1, 0.15) is 0 Å². The first-order valence-electron chi connectivity index (χ1n) is 7.84. The van der Waals surface area contributed by atoms with Gasteiger partial charge in [0.05, 0.1) is 12.4 Å². The maximum atomic E-state index is 5.06. The monoisotopic (exact) mass is 445 g/mol. The fourth-order valence-corrected chi connectivity index (χ4v) is 2.09. The van der Waals surface area contributed by atoms with Crippen LogP contribution in [0.4, 0.5) is 0 Å². The van der Waals surface area contributed by atoms with Gasteiger partial charge < -0.3 is 35.9 Å². The summed E-state index contributed by atoms with van der Waals surface area (Å²) in [5.41, 5.74) is 2.23. The van der Waals surface area contributed by atoms with E-state index in [4.69, 9.17) is 25.3 Å². The van der Waals surface area contributed by atoms with E-state index in [1.54, 1.807) is 0 Å². The Hall–Kier alpha value is -2.32. The Morgan fingerprint density at radius 2 is 1.07 bits per heavy atom. The van der Waals surface area contributed by atoms with Crippen molar-refractivity contribution < 1.29 is 17.1 Å². The Morgan fingerprint density at radius 1 is 0.704 bits per heavy atom. The molecular formula is C18H18CuN6S2. The standard InChI is InChI=1S/C18H20N6S2.Cu/c25-17(19-13-15-7-3-1-4-8-15)23-21-11-12-22-24-18(26)20-14-16-9-5-2-6-10-16;/h1-12H,13-14H2,(H2,19,23,25)(H2,20,24,26);/q;+2/p-2. The van der Waals surface area contributed by atoms with Crippen LogP contribution in [0.1, 0.15) is 11.1 Å². The molecule has 1 radical (unpaired) electrons. The maximum Gasteiger partial charge on any atom is 2.00 e. The Labute approximate surface area is 180 Å². The van der Waals surface area contributed by atoms with E-state index in [9.17, 15) is 0 Å². The van der Waals surface area contributed by atoms with Gasteiger partial charge >= 0.3 is 17.1 Å². The van der Waals surface area contributed by atoms with E-state index in [1.807, 2.05) is 60.7 Å². The average molecular weight is 446 g/mol. The zero-order chi connectivity index (χ0) is 18.5. The van der Waals surface area contributed by atoms with Gasteiger partial charge in [0, 0.05) is 13.1 Å². The van der Waals surface area contributed by atoms with Gasteiger partial charge in [0.25, 0.3) is 0 Å². The number of benzene rings is 2. The fourth-order valence-electron chi connectivity index (χ4n) is 1.85. The molecule has 0 aliphatic carbocycles. The molecule has 0 aromatic heterocycles. The van der Waals surface area contributed by atoms with Crippen LogP contribution in [0.3, 0.4) is 0 Å². The quantitative estimate of drug-likeness (QED) is 0.225. The molecule has 2 aromatic carbocycles. The van der Waals surface area contributed by atoms with E-state index >= 15 is 0 Å². The summed E-state index contributed by atoms with van der Waals surface area (Å²) >= 11 is 10.1. The molecule has 27 heavy (non-hydrogen) atoms. The van der Waals surface area contributed by atoms with Gasteiger partial charge in [0.2, 0.25) is 0 Å². The number of nitrogens with zero attached hydrogens (tertiary/aromatic N) is 4. The second-order valence-electron chi connectivity index (χ2n) is 5.02. The zero-order valence-electron chi connectivity index (χ0n) is 14.2. The normalized spacial score (nSPS) is 12.1. The van der Waals surface area contributed by atoms with Crippen LogP contribution in [0.2, 0.25) is 0 Å². The van der Waals surface area contributed by atoms with Crippen molar-refractivity contribution in [1.29, 1.82) is 0 Å². The number of hydrogen-bond acceptors (Lipinski definition) is 6. The van der Waals surface area contributed by atoms with Gasteiger partial charge in [-0.15, -0.1) is 0 Å². The summed E-state index contributed by atoms with van der Waals surface area (Å²) in [5, 5.41) is 21.9. The Bertz CT molecular complexity index is 711. The van der Waals surface area contributed by atoms with Crippen LogP contribution in [0.5, 0.6) is 0 Å². The molecule has 0 amide bonds. The van der Waals surface area contributed by atoms with Crippen molar-refractivity contribution in [2.45, 2.75) is 13.1 Å². The van der Waals surface area contributed by atoms with Crippen LogP contribution in [0.15, 0.2) is 81.1 Å². The van der Waals surface area contributed by atoms with E-state index in [-0.39, 0.29) is 17.1 Å². The summed E-state index contributed by atoms with van der Waals surface area (Å²) in [6.45, 7) is 1.20. The summed E-state index contributed by atoms with van der Waals surface area (Å²) in [7, 11) is 0. The molecule has 9 heteroatoms. The molecule has 143 valence electrons. The van der Waals surface area contributed by atoms with Gasteiger partial charge in [-0.25, -0.2) is 0 Å². The molecule has 0 fully saturated rings. The maximum absolute atomic E-state index is 5.06. The molecule has 2 N–H and O–H groups in total. The molecule has 6 nitrogen and oxygen atoms in total. The molecule has 0 spiro atoms. The molecular weight excluding hydrogens is 428 g/mol. The van der Waals surface area contributed by atoms with E-state index in [1.165, 1.54) is 12.4 Å². The predicted octanol–water partition coefficient (Wildman–Crippen LogP) is 2.34. The second kappa shape index (κ2) is 13.8. The Morgan fingerprint density at radius 3 is 1.44 bits per heavy atom. The summed E-state index contributed by atoms with van der Waals surface area (Å²) in [5.74, 6) is 0. The molecule has 0 bridgehead atoms. The number of amidine groups is 2. The minimum Gasteiger partial charge on any atom is -0.741 e. The zero-order valence-corrected chi connectivity index (χ0v) is 16.8. The smallest absolute Gasteiger partial charge is 0.741 e. The van der Waals surface area contributed by atoms with Crippen molar-refractivity contribution in [3.05, 3.63) is 71.8 Å². The van der Waals surface area contributed by atoms with Crippen LogP contribution in [0.25, 0.3) is 0 Å². The SMILES string of the molecule is [Cu+2].[S-]C(=NN=CC=NN=C([S-])NCc1ccccc1)NCc1ccccc1. The summed E-state index contributed by atoms with van der Waals surface area (Å²) < 4.78 is 0. The van der Waals surface area contributed by atoms with Gasteiger partial charge in [-0.05, 0) is 21.5 Å². The second-order valence-corrected chi connectivity index (χ2v) is 5.79. The molecule has 0 unspecified atom stereocenters. The minimum atomic E-state index is 0. The molecule has 0 saturated heterocycles. The molecule has 2 rings (SSSR count). The summed E-state index contributed by atoms with van der Waals surface area (Å²) in [6, 6.07) is 19.8.